The van der Waals surface area contributed by atoms with E-state index in [-0.39, 0.29) is 6.54 Å². The SMILES string of the molecule is COC(CN(C)C(=O)[C@@H](CCC(F)(F)F)NC(=O)OC(C)(C)C)OC. The third-order valence-electron chi connectivity index (χ3n) is 3.03. The molecule has 0 rings (SSSR count). The number of amides is 2. The highest BCUT2D eigenvalue weighted by atomic mass is 19.4. The molecular weight excluding hydrogens is 345 g/mol. The van der Waals surface area contributed by atoms with Gasteiger partial charge in [0.05, 0.1) is 6.54 Å². The molecule has 2 amide bonds. The summed E-state index contributed by atoms with van der Waals surface area (Å²) in [5.41, 5.74) is -0.842. The Morgan fingerprint density at radius 1 is 1.12 bits per heavy atom. The average Bonchev–Trinajstić information content (AvgIpc) is 2.45. The first-order chi connectivity index (χ1) is 11.3. The third-order valence-corrected chi connectivity index (χ3v) is 3.03. The summed E-state index contributed by atoms with van der Waals surface area (Å²) in [7, 11) is 4.11. The molecule has 1 N–H and O–H groups in total. The number of carbonyl (C=O) groups is 2. The predicted molar refractivity (Wildman–Crippen MR) is 83.9 cm³/mol. The van der Waals surface area contributed by atoms with Crippen molar-refractivity contribution in [2.75, 3.05) is 27.8 Å². The predicted octanol–water partition coefficient (Wildman–Crippen LogP) is 2.30. The first-order valence-corrected chi connectivity index (χ1v) is 7.66. The smallest absolute Gasteiger partial charge is 0.408 e. The van der Waals surface area contributed by atoms with Gasteiger partial charge in [-0.1, -0.05) is 0 Å². The van der Waals surface area contributed by atoms with Gasteiger partial charge in [0, 0.05) is 27.7 Å². The first-order valence-electron chi connectivity index (χ1n) is 7.66. The fourth-order valence-electron chi connectivity index (χ4n) is 1.84. The molecule has 0 aromatic carbocycles. The van der Waals surface area contributed by atoms with E-state index in [0.717, 1.165) is 4.90 Å². The zero-order valence-electron chi connectivity index (χ0n) is 15.4. The second kappa shape index (κ2) is 9.81. The maximum atomic E-state index is 12.5. The van der Waals surface area contributed by atoms with Crippen LogP contribution >= 0.6 is 0 Å². The Morgan fingerprint density at radius 2 is 1.64 bits per heavy atom. The van der Waals surface area contributed by atoms with Crippen molar-refractivity contribution in [2.45, 2.75) is 57.7 Å². The quantitative estimate of drug-likeness (QED) is 0.662. The zero-order chi connectivity index (χ0) is 19.8. The third kappa shape index (κ3) is 10.8. The first kappa shape index (κ1) is 23.4. The van der Waals surface area contributed by atoms with Gasteiger partial charge in [-0.25, -0.2) is 4.79 Å². The molecule has 0 aromatic rings. The van der Waals surface area contributed by atoms with Gasteiger partial charge in [0.25, 0.3) is 0 Å². The summed E-state index contributed by atoms with van der Waals surface area (Å²) >= 11 is 0. The number of nitrogens with one attached hydrogen (secondary N) is 1. The maximum Gasteiger partial charge on any atom is 0.408 e. The molecule has 0 unspecified atom stereocenters. The summed E-state index contributed by atoms with van der Waals surface area (Å²) < 4.78 is 52.4. The van der Waals surface area contributed by atoms with Crippen LogP contribution in [0, 0.1) is 0 Å². The normalized spacial score (nSPS) is 13.5. The molecule has 0 aliphatic carbocycles. The van der Waals surface area contributed by atoms with Crippen molar-refractivity contribution in [3.05, 3.63) is 0 Å². The fourth-order valence-corrected chi connectivity index (χ4v) is 1.84. The molecule has 0 bridgehead atoms. The number of alkyl carbamates (subject to hydrolysis) is 1. The van der Waals surface area contributed by atoms with Crippen molar-refractivity contribution in [2.24, 2.45) is 0 Å². The minimum absolute atomic E-state index is 0.00957. The van der Waals surface area contributed by atoms with Crippen molar-refractivity contribution < 1.29 is 37.0 Å². The van der Waals surface area contributed by atoms with E-state index in [1.165, 1.54) is 21.3 Å². The Labute approximate surface area is 145 Å². The van der Waals surface area contributed by atoms with Crippen LogP contribution in [0.3, 0.4) is 0 Å². The number of halogens is 3. The van der Waals surface area contributed by atoms with Crippen molar-refractivity contribution in [3.63, 3.8) is 0 Å². The van der Waals surface area contributed by atoms with Crippen LogP contribution < -0.4 is 5.32 Å². The molecule has 25 heavy (non-hydrogen) atoms. The lowest BCUT2D eigenvalue weighted by atomic mass is 10.1. The van der Waals surface area contributed by atoms with Crippen LogP contribution in [0.5, 0.6) is 0 Å². The summed E-state index contributed by atoms with van der Waals surface area (Å²) in [4.78, 5) is 25.4. The maximum absolute atomic E-state index is 12.5. The van der Waals surface area contributed by atoms with Crippen LogP contribution in [-0.2, 0) is 19.0 Å². The molecule has 0 aromatic heterocycles. The number of rotatable bonds is 8. The van der Waals surface area contributed by atoms with Crippen molar-refractivity contribution in [1.29, 1.82) is 0 Å². The van der Waals surface area contributed by atoms with E-state index < -0.39 is 49.0 Å². The molecule has 7 nitrogen and oxygen atoms in total. The van der Waals surface area contributed by atoms with Gasteiger partial charge in [-0.05, 0) is 27.2 Å². The number of methoxy groups -OCH3 is 2. The summed E-state index contributed by atoms with van der Waals surface area (Å²) in [5.74, 6) is -0.700. The second-order valence-corrected chi connectivity index (χ2v) is 6.47. The molecule has 0 radical (unpaired) electrons. The van der Waals surface area contributed by atoms with Gasteiger partial charge in [0.15, 0.2) is 6.29 Å². The van der Waals surface area contributed by atoms with Crippen LogP contribution in [0.1, 0.15) is 33.6 Å². The molecule has 0 heterocycles. The minimum atomic E-state index is -4.45. The molecule has 148 valence electrons. The largest absolute Gasteiger partial charge is 0.444 e. The number of ether oxygens (including phenoxy) is 3. The Hall–Kier alpha value is -1.55. The number of hydrogen-bond donors (Lipinski definition) is 1. The number of alkyl halides is 3. The van der Waals surface area contributed by atoms with Gasteiger partial charge in [0.2, 0.25) is 5.91 Å². The highest BCUT2D eigenvalue weighted by Crippen LogP contribution is 2.23. The van der Waals surface area contributed by atoms with Crippen LogP contribution in [-0.4, -0.2) is 68.8 Å². The van der Waals surface area contributed by atoms with Crippen LogP contribution in [0.15, 0.2) is 0 Å². The molecule has 0 aliphatic rings. The molecule has 0 spiro atoms. The highest BCUT2D eigenvalue weighted by molar-refractivity contribution is 5.85. The molecule has 0 fully saturated rings. The molecule has 1 atom stereocenters. The highest BCUT2D eigenvalue weighted by Gasteiger charge is 2.33. The van der Waals surface area contributed by atoms with E-state index in [2.05, 4.69) is 5.32 Å². The van der Waals surface area contributed by atoms with E-state index in [1.54, 1.807) is 20.8 Å². The van der Waals surface area contributed by atoms with Gasteiger partial charge < -0.3 is 24.4 Å². The summed E-state index contributed by atoms with van der Waals surface area (Å²) in [6.07, 6.45) is -7.97. The van der Waals surface area contributed by atoms with Crippen LogP contribution in [0.4, 0.5) is 18.0 Å². The lowest BCUT2D eigenvalue weighted by Crippen LogP contribution is -2.50. The molecular formula is C15H27F3N2O5. The van der Waals surface area contributed by atoms with E-state index >= 15 is 0 Å². The molecule has 10 heteroatoms. The standard InChI is InChI=1S/C15H27F3N2O5/c1-14(2,3)25-13(22)19-10(7-8-15(16,17)18)12(21)20(4)9-11(23-5)24-6/h10-11H,7-9H2,1-6H3,(H,19,22)/t10-/m1/s1. The Bertz CT molecular complexity index is 434. The number of likely N-dealkylation sites (N-methyl/N-ethyl adjacent to an activating group) is 1. The van der Waals surface area contributed by atoms with E-state index in [9.17, 15) is 22.8 Å². The number of hydrogen-bond acceptors (Lipinski definition) is 5. The topological polar surface area (TPSA) is 77.1 Å². The van der Waals surface area contributed by atoms with E-state index in [1.807, 2.05) is 0 Å². The monoisotopic (exact) mass is 372 g/mol. The minimum Gasteiger partial charge on any atom is -0.444 e. The lowest BCUT2D eigenvalue weighted by Gasteiger charge is -2.28. The van der Waals surface area contributed by atoms with Gasteiger partial charge in [-0.15, -0.1) is 0 Å². The van der Waals surface area contributed by atoms with Crippen LogP contribution in [0.25, 0.3) is 0 Å². The van der Waals surface area contributed by atoms with Crippen molar-refractivity contribution in [3.8, 4) is 0 Å². The number of nitrogens with zero attached hydrogens (tertiary/aromatic N) is 1. The van der Waals surface area contributed by atoms with Crippen molar-refractivity contribution >= 4 is 12.0 Å². The summed E-state index contributed by atoms with van der Waals surface area (Å²) in [5, 5.41) is 2.20. The fraction of sp³-hybridized carbons (Fsp3) is 0.867. The summed E-state index contributed by atoms with van der Waals surface area (Å²) in [6.45, 7) is 4.80. The molecule has 0 saturated heterocycles. The van der Waals surface area contributed by atoms with E-state index in [0.29, 0.717) is 0 Å². The van der Waals surface area contributed by atoms with Crippen molar-refractivity contribution in [1.82, 2.24) is 10.2 Å². The average molecular weight is 372 g/mol. The zero-order valence-corrected chi connectivity index (χ0v) is 15.4. The molecule has 0 aliphatic heterocycles. The Morgan fingerprint density at radius 3 is 2.04 bits per heavy atom. The molecule has 0 saturated carbocycles. The van der Waals surface area contributed by atoms with Gasteiger partial charge in [0.1, 0.15) is 11.6 Å². The Kier molecular flexibility index (Phi) is 9.20. The van der Waals surface area contributed by atoms with Gasteiger partial charge in [-0.2, -0.15) is 13.2 Å². The number of carbonyl (C=O) groups excluding carboxylic acids is 2. The Balaban J connectivity index is 5.03. The van der Waals surface area contributed by atoms with E-state index in [4.69, 9.17) is 14.2 Å². The second-order valence-electron chi connectivity index (χ2n) is 6.47. The van der Waals surface area contributed by atoms with Gasteiger partial charge >= 0.3 is 12.3 Å². The van der Waals surface area contributed by atoms with Crippen LogP contribution in [0.2, 0.25) is 0 Å². The lowest BCUT2D eigenvalue weighted by molar-refractivity contribution is -0.149. The summed E-state index contributed by atoms with van der Waals surface area (Å²) in [6, 6.07) is -1.38. The van der Waals surface area contributed by atoms with Gasteiger partial charge in [-0.3, -0.25) is 4.79 Å².